The van der Waals surface area contributed by atoms with Crippen LogP contribution in [0.2, 0.25) is 0 Å². The summed E-state index contributed by atoms with van der Waals surface area (Å²) < 4.78 is 8.00. The average molecular weight is 382 g/mol. The number of anilines is 1. The average Bonchev–Trinajstić information content (AvgIpc) is 3.36. The number of rotatable bonds is 6. The van der Waals surface area contributed by atoms with Gasteiger partial charge in [-0.3, -0.25) is 4.57 Å². The highest BCUT2D eigenvalue weighted by Crippen LogP contribution is 2.23. The number of ether oxygens (including phenoxy) is 1. The van der Waals surface area contributed by atoms with Gasteiger partial charge in [0.15, 0.2) is 17.6 Å². The third-order valence-corrected chi connectivity index (χ3v) is 5.08. The molecule has 1 aromatic carbocycles. The van der Waals surface area contributed by atoms with Gasteiger partial charge in [-0.25, -0.2) is 4.98 Å². The molecular formula is C19H22N6OS. The van der Waals surface area contributed by atoms with E-state index in [0.717, 1.165) is 41.4 Å². The lowest BCUT2D eigenvalue weighted by Crippen LogP contribution is -2.21. The Morgan fingerprint density at radius 1 is 1.07 bits per heavy atom. The largest absolute Gasteiger partial charge is 0.469 e. The molecular weight excluding hydrogens is 360 g/mol. The molecule has 0 atom stereocenters. The SMILES string of the molecule is CSc1nnc(COc2cc(C)nc(N3CCCC3)n2)n1-c1ccccc1. The molecule has 0 spiro atoms. The van der Waals surface area contributed by atoms with Gasteiger partial charge in [0.1, 0.15) is 0 Å². The van der Waals surface area contributed by atoms with Crippen LogP contribution in [0.25, 0.3) is 5.69 Å². The van der Waals surface area contributed by atoms with Crippen molar-refractivity contribution in [1.82, 2.24) is 24.7 Å². The fraction of sp³-hybridized carbons (Fsp3) is 0.368. The first-order valence-electron chi connectivity index (χ1n) is 9.02. The Labute approximate surface area is 162 Å². The molecule has 4 rings (SSSR count). The second-order valence-corrected chi connectivity index (χ2v) is 7.18. The Morgan fingerprint density at radius 3 is 2.59 bits per heavy atom. The highest BCUT2D eigenvalue weighted by molar-refractivity contribution is 7.98. The number of hydrogen-bond acceptors (Lipinski definition) is 7. The lowest BCUT2D eigenvalue weighted by Gasteiger charge is -2.16. The van der Waals surface area contributed by atoms with E-state index in [1.807, 2.05) is 54.1 Å². The summed E-state index contributed by atoms with van der Waals surface area (Å²) in [6, 6.07) is 11.9. The van der Waals surface area contributed by atoms with Crippen molar-refractivity contribution in [2.24, 2.45) is 0 Å². The minimum atomic E-state index is 0.290. The van der Waals surface area contributed by atoms with E-state index >= 15 is 0 Å². The zero-order valence-electron chi connectivity index (χ0n) is 15.5. The van der Waals surface area contributed by atoms with Crippen LogP contribution in [0.1, 0.15) is 24.4 Å². The standard InChI is InChI=1S/C19H22N6OS/c1-14-12-17(21-18(20-14)24-10-6-7-11-24)26-13-16-22-23-19(27-2)25(16)15-8-4-3-5-9-15/h3-5,8-9,12H,6-7,10-11,13H2,1-2H3. The van der Waals surface area contributed by atoms with E-state index in [1.165, 1.54) is 12.8 Å². The van der Waals surface area contributed by atoms with E-state index < -0.39 is 0 Å². The molecule has 1 fully saturated rings. The van der Waals surface area contributed by atoms with Crippen molar-refractivity contribution >= 4 is 17.7 Å². The summed E-state index contributed by atoms with van der Waals surface area (Å²) in [4.78, 5) is 11.3. The Bertz CT molecular complexity index is 908. The lowest BCUT2D eigenvalue weighted by atomic mass is 10.3. The van der Waals surface area contributed by atoms with Crippen LogP contribution < -0.4 is 9.64 Å². The number of hydrogen-bond donors (Lipinski definition) is 0. The predicted molar refractivity (Wildman–Crippen MR) is 106 cm³/mol. The van der Waals surface area contributed by atoms with Gasteiger partial charge in [0.25, 0.3) is 0 Å². The van der Waals surface area contributed by atoms with E-state index in [-0.39, 0.29) is 0 Å². The number of aromatic nitrogens is 5. The van der Waals surface area contributed by atoms with Gasteiger partial charge < -0.3 is 9.64 Å². The summed E-state index contributed by atoms with van der Waals surface area (Å²) in [5, 5.41) is 9.42. The summed E-state index contributed by atoms with van der Waals surface area (Å²) >= 11 is 1.56. The molecule has 27 heavy (non-hydrogen) atoms. The van der Waals surface area contributed by atoms with Crippen molar-refractivity contribution in [3.8, 4) is 11.6 Å². The van der Waals surface area contributed by atoms with E-state index in [9.17, 15) is 0 Å². The highest BCUT2D eigenvalue weighted by atomic mass is 32.2. The maximum atomic E-state index is 5.98. The number of benzene rings is 1. The Balaban J connectivity index is 1.57. The van der Waals surface area contributed by atoms with E-state index in [0.29, 0.717) is 12.5 Å². The van der Waals surface area contributed by atoms with Gasteiger partial charge in [0, 0.05) is 30.5 Å². The molecule has 1 aliphatic rings. The van der Waals surface area contributed by atoms with Crippen molar-refractivity contribution in [3.63, 3.8) is 0 Å². The van der Waals surface area contributed by atoms with Gasteiger partial charge >= 0.3 is 0 Å². The van der Waals surface area contributed by atoms with E-state index in [1.54, 1.807) is 11.8 Å². The van der Waals surface area contributed by atoms with Crippen molar-refractivity contribution in [1.29, 1.82) is 0 Å². The van der Waals surface area contributed by atoms with Gasteiger partial charge in [-0.1, -0.05) is 30.0 Å². The second-order valence-electron chi connectivity index (χ2n) is 6.40. The van der Waals surface area contributed by atoms with Gasteiger partial charge in [0.2, 0.25) is 11.8 Å². The smallest absolute Gasteiger partial charge is 0.228 e. The topological polar surface area (TPSA) is 69.0 Å². The fourth-order valence-electron chi connectivity index (χ4n) is 3.16. The molecule has 0 amide bonds. The Kier molecular flexibility index (Phi) is 5.24. The first-order chi connectivity index (χ1) is 13.2. The number of para-hydroxylation sites is 1. The molecule has 0 aliphatic carbocycles. The highest BCUT2D eigenvalue weighted by Gasteiger charge is 2.18. The molecule has 0 saturated carbocycles. The minimum Gasteiger partial charge on any atom is -0.469 e. The molecule has 7 nitrogen and oxygen atoms in total. The summed E-state index contributed by atoms with van der Waals surface area (Å²) in [5.74, 6) is 2.05. The van der Waals surface area contributed by atoms with Crippen LogP contribution in [0.5, 0.6) is 5.88 Å². The van der Waals surface area contributed by atoms with Crippen LogP contribution in [0, 0.1) is 6.92 Å². The summed E-state index contributed by atoms with van der Waals surface area (Å²) in [6.45, 7) is 4.26. The lowest BCUT2D eigenvalue weighted by molar-refractivity contribution is 0.280. The quantitative estimate of drug-likeness (QED) is 0.606. The van der Waals surface area contributed by atoms with Crippen LogP contribution in [-0.4, -0.2) is 44.1 Å². The monoisotopic (exact) mass is 382 g/mol. The maximum absolute atomic E-state index is 5.98. The second kappa shape index (κ2) is 7.96. The van der Waals surface area contributed by atoms with Crippen LogP contribution in [-0.2, 0) is 6.61 Å². The van der Waals surface area contributed by atoms with Crippen LogP contribution >= 0.6 is 11.8 Å². The zero-order valence-corrected chi connectivity index (χ0v) is 16.3. The van der Waals surface area contributed by atoms with Crippen LogP contribution in [0.4, 0.5) is 5.95 Å². The molecule has 0 radical (unpaired) electrons. The number of nitrogens with zero attached hydrogens (tertiary/aromatic N) is 6. The summed E-state index contributed by atoms with van der Waals surface area (Å²) in [6.07, 6.45) is 4.36. The Hall–Kier alpha value is -2.61. The molecule has 0 N–H and O–H groups in total. The van der Waals surface area contributed by atoms with Gasteiger partial charge in [-0.2, -0.15) is 4.98 Å². The number of aryl methyl sites for hydroxylation is 1. The summed E-state index contributed by atoms with van der Waals surface area (Å²) in [5.41, 5.74) is 1.92. The van der Waals surface area contributed by atoms with Crippen molar-refractivity contribution in [2.45, 2.75) is 31.5 Å². The molecule has 0 unspecified atom stereocenters. The van der Waals surface area contributed by atoms with Crippen molar-refractivity contribution in [2.75, 3.05) is 24.2 Å². The third kappa shape index (κ3) is 3.90. The molecule has 140 valence electrons. The molecule has 2 aromatic heterocycles. The predicted octanol–water partition coefficient (Wildman–Crippen LogP) is 3.27. The van der Waals surface area contributed by atoms with E-state index in [2.05, 4.69) is 25.1 Å². The first kappa shape index (κ1) is 17.8. The molecule has 8 heteroatoms. The van der Waals surface area contributed by atoms with Gasteiger partial charge in [-0.05, 0) is 38.2 Å². The van der Waals surface area contributed by atoms with Crippen molar-refractivity contribution < 1.29 is 4.74 Å². The van der Waals surface area contributed by atoms with E-state index in [4.69, 9.17) is 4.74 Å². The fourth-order valence-corrected chi connectivity index (χ4v) is 3.67. The van der Waals surface area contributed by atoms with Gasteiger partial charge in [-0.15, -0.1) is 10.2 Å². The maximum Gasteiger partial charge on any atom is 0.228 e. The molecule has 3 aromatic rings. The minimum absolute atomic E-state index is 0.290. The van der Waals surface area contributed by atoms with Crippen LogP contribution in [0.3, 0.4) is 0 Å². The van der Waals surface area contributed by atoms with Gasteiger partial charge in [0.05, 0.1) is 0 Å². The zero-order chi connectivity index (χ0) is 18.6. The summed E-state index contributed by atoms with van der Waals surface area (Å²) in [7, 11) is 0. The number of thioether (sulfide) groups is 1. The molecule has 1 aliphatic heterocycles. The normalized spacial score (nSPS) is 13.9. The van der Waals surface area contributed by atoms with Crippen molar-refractivity contribution in [3.05, 3.63) is 47.9 Å². The van der Waals surface area contributed by atoms with Crippen LogP contribution in [0.15, 0.2) is 41.6 Å². The first-order valence-corrected chi connectivity index (χ1v) is 10.2. The molecule has 1 saturated heterocycles. The Morgan fingerprint density at radius 2 is 1.85 bits per heavy atom. The third-order valence-electron chi connectivity index (χ3n) is 4.45. The molecule has 3 heterocycles. The molecule has 0 bridgehead atoms.